The minimum absolute atomic E-state index is 0.0914. The third kappa shape index (κ3) is 2.91. The number of hydrogen-bond donors (Lipinski definition) is 0. The number of esters is 2. The van der Waals surface area contributed by atoms with E-state index in [9.17, 15) is 9.59 Å². The van der Waals surface area contributed by atoms with Gasteiger partial charge in [-0.25, -0.2) is 9.59 Å². The molecule has 2 rings (SSSR count). The molecule has 20 heavy (non-hydrogen) atoms. The number of hydrogen-bond acceptors (Lipinski definition) is 6. The SMILES string of the molecule is CCOC(=O)c1cc(-c2cccs2)oc1C(=O)OCC. The van der Waals surface area contributed by atoms with Gasteiger partial charge in [-0.1, -0.05) is 6.07 Å². The second kappa shape index (κ2) is 6.38. The predicted octanol–water partition coefficient (Wildman–Crippen LogP) is 3.36. The van der Waals surface area contributed by atoms with Gasteiger partial charge < -0.3 is 13.9 Å². The highest BCUT2D eigenvalue weighted by molar-refractivity contribution is 7.13. The molecule has 0 aromatic carbocycles. The van der Waals surface area contributed by atoms with Gasteiger partial charge in [0.1, 0.15) is 11.3 Å². The van der Waals surface area contributed by atoms with E-state index in [2.05, 4.69) is 0 Å². The van der Waals surface area contributed by atoms with Gasteiger partial charge >= 0.3 is 11.9 Å². The van der Waals surface area contributed by atoms with E-state index in [4.69, 9.17) is 13.9 Å². The lowest BCUT2D eigenvalue weighted by Gasteiger charge is -2.01. The molecule has 2 aromatic heterocycles. The molecule has 2 heterocycles. The Kier molecular flexibility index (Phi) is 4.57. The van der Waals surface area contributed by atoms with E-state index in [-0.39, 0.29) is 24.5 Å². The van der Waals surface area contributed by atoms with Crippen LogP contribution in [0.5, 0.6) is 0 Å². The van der Waals surface area contributed by atoms with Crippen molar-refractivity contribution in [3.63, 3.8) is 0 Å². The van der Waals surface area contributed by atoms with Crippen molar-refractivity contribution in [2.45, 2.75) is 13.8 Å². The van der Waals surface area contributed by atoms with E-state index in [1.165, 1.54) is 17.4 Å². The van der Waals surface area contributed by atoms with Gasteiger partial charge in [-0.05, 0) is 25.3 Å². The van der Waals surface area contributed by atoms with E-state index in [1.807, 2.05) is 17.5 Å². The largest absolute Gasteiger partial charge is 0.462 e. The molecule has 106 valence electrons. The first-order chi connectivity index (χ1) is 9.67. The topological polar surface area (TPSA) is 65.7 Å². The Morgan fingerprint density at radius 1 is 1.20 bits per heavy atom. The van der Waals surface area contributed by atoms with Gasteiger partial charge in [0.25, 0.3) is 0 Å². The summed E-state index contributed by atoms with van der Waals surface area (Å²) in [7, 11) is 0. The lowest BCUT2D eigenvalue weighted by molar-refractivity contribution is 0.0452. The Hall–Kier alpha value is -2.08. The van der Waals surface area contributed by atoms with Crippen molar-refractivity contribution in [1.29, 1.82) is 0 Å². The van der Waals surface area contributed by atoms with Crippen LogP contribution in [0.3, 0.4) is 0 Å². The van der Waals surface area contributed by atoms with Gasteiger partial charge in [0, 0.05) is 6.07 Å². The van der Waals surface area contributed by atoms with E-state index >= 15 is 0 Å². The minimum Gasteiger partial charge on any atom is -0.462 e. The number of rotatable bonds is 5. The van der Waals surface area contributed by atoms with Crippen LogP contribution in [0.4, 0.5) is 0 Å². The summed E-state index contributed by atoms with van der Waals surface area (Å²) in [5.41, 5.74) is 0.0914. The molecule has 5 nitrogen and oxygen atoms in total. The summed E-state index contributed by atoms with van der Waals surface area (Å²) in [5.74, 6) is -0.930. The number of ether oxygens (including phenoxy) is 2. The van der Waals surface area contributed by atoms with Crippen LogP contribution < -0.4 is 0 Å². The summed E-state index contributed by atoms with van der Waals surface area (Å²) in [6.45, 7) is 3.81. The Morgan fingerprint density at radius 2 is 1.90 bits per heavy atom. The highest BCUT2D eigenvalue weighted by atomic mass is 32.1. The van der Waals surface area contributed by atoms with Crippen molar-refractivity contribution in [3.05, 3.63) is 34.9 Å². The Morgan fingerprint density at radius 3 is 2.50 bits per heavy atom. The second-order valence-corrected chi connectivity index (χ2v) is 4.72. The van der Waals surface area contributed by atoms with Crippen molar-refractivity contribution in [2.75, 3.05) is 13.2 Å². The summed E-state index contributed by atoms with van der Waals surface area (Å²) < 4.78 is 15.3. The molecule has 0 radical (unpaired) electrons. The molecule has 0 bridgehead atoms. The number of thiophene rings is 1. The molecule has 0 atom stereocenters. The van der Waals surface area contributed by atoms with Crippen molar-refractivity contribution < 1.29 is 23.5 Å². The highest BCUT2D eigenvalue weighted by Crippen LogP contribution is 2.30. The molecule has 0 amide bonds. The van der Waals surface area contributed by atoms with Crippen LogP contribution in [0.1, 0.15) is 34.8 Å². The molecular weight excluding hydrogens is 280 g/mol. The average Bonchev–Trinajstić information content (AvgIpc) is 3.08. The predicted molar refractivity (Wildman–Crippen MR) is 73.9 cm³/mol. The van der Waals surface area contributed by atoms with Gasteiger partial charge in [-0.2, -0.15) is 0 Å². The summed E-state index contributed by atoms with van der Waals surface area (Å²) in [5, 5.41) is 1.88. The number of carbonyl (C=O) groups is 2. The smallest absolute Gasteiger partial charge is 0.375 e. The van der Waals surface area contributed by atoms with E-state index in [0.717, 1.165) is 4.88 Å². The van der Waals surface area contributed by atoms with Gasteiger partial charge in [0.2, 0.25) is 5.76 Å². The molecular formula is C14H14O5S. The Balaban J connectivity index is 2.41. The summed E-state index contributed by atoms with van der Waals surface area (Å²) in [6, 6.07) is 5.21. The second-order valence-electron chi connectivity index (χ2n) is 3.77. The zero-order valence-corrected chi connectivity index (χ0v) is 12.0. The fraction of sp³-hybridized carbons (Fsp3) is 0.286. The van der Waals surface area contributed by atoms with Gasteiger partial charge in [0.15, 0.2) is 0 Å². The van der Waals surface area contributed by atoms with Crippen molar-refractivity contribution in [2.24, 2.45) is 0 Å². The molecule has 0 aliphatic rings. The Bertz CT molecular complexity index is 562. The summed E-state index contributed by atoms with van der Waals surface area (Å²) in [4.78, 5) is 24.5. The lowest BCUT2D eigenvalue weighted by Crippen LogP contribution is -2.11. The highest BCUT2D eigenvalue weighted by Gasteiger charge is 2.26. The van der Waals surface area contributed by atoms with Crippen LogP contribution in [0.2, 0.25) is 0 Å². The van der Waals surface area contributed by atoms with Crippen LogP contribution in [0.15, 0.2) is 28.0 Å². The molecule has 0 unspecified atom stereocenters. The Labute approximate surface area is 120 Å². The van der Waals surface area contributed by atoms with Crippen molar-refractivity contribution in [3.8, 4) is 10.6 Å². The van der Waals surface area contributed by atoms with Crippen LogP contribution in [0.25, 0.3) is 10.6 Å². The minimum atomic E-state index is -0.668. The third-order valence-corrected chi connectivity index (χ3v) is 3.34. The molecule has 2 aromatic rings. The first-order valence-corrected chi connectivity index (χ1v) is 7.07. The fourth-order valence-corrected chi connectivity index (χ4v) is 2.32. The monoisotopic (exact) mass is 294 g/mol. The van der Waals surface area contributed by atoms with Crippen LogP contribution in [-0.2, 0) is 9.47 Å². The molecule has 0 aliphatic carbocycles. The van der Waals surface area contributed by atoms with Crippen LogP contribution >= 0.6 is 11.3 Å². The first-order valence-electron chi connectivity index (χ1n) is 6.19. The maximum Gasteiger partial charge on any atom is 0.375 e. The number of furan rings is 1. The fourth-order valence-electron chi connectivity index (χ4n) is 1.64. The van der Waals surface area contributed by atoms with Crippen molar-refractivity contribution >= 4 is 23.3 Å². The quantitative estimate of drug-likeness (QED) is 0.791. The summed E-state index contributed by atoms with van der Waals surface area (Å²) >= 11 is 1.45. The van der Waals surface area contributed by atoms with Crippen LogP contribution in [-0.4, -0.2) is 25.2 Å². The molecule has 6 heteroatoms. The molecule has 0 saturated carbocycles. The van der Waals surface area contributed by atoms with E-state index < -0.39 is 11.9 Å². The zero-order valence-electron chi connectivity index (χ0n) is 11.2. The van der Waals surface area contributed by atoms with Gasteiger partial charge in [-0.15, -0.1) is 11.3 Å². The average molecular weight is 294 g/mol. The van der Waals surface area contributed by atoms with Gasteiger partial charge in [0.05, 0.1) is 18.1 Å². The molecule has 0 aliphatic heterocycles. The molecule has 0 fully saturated rings. The standard InChI is InChI=1S/C14H14O5S/c1-3-17-13(15)9-8-10(11-6-5-7-20-11)19-12(9)14(16)18-4-2/h5-8H,3-4H2,1-2H3. The van der Waals surface area contributed by atoms with E-state index in [1.54, 1.807) is 13.8 Å². The zero-order chi connectivity index (χ0) is 14.5. The maximum atomic E-state index is 11.9. The third-order valence-electron chi connectivity index (χ3n) is 2.45. The van der Waals surface area contributed by atoms with Gasteiger partial charge in [-0.3, -0.25) is 0 Å². The van der Waals surface area contributed by atoms with E-state index in [0.29, 0.717) is 5.76 Å². The normalized spacial score (nSPS) is 10.3. The first kappa shape index (κ1) is 14.3. The lowest BCUT2D eigenvalue weighted by atomic mass is 10.2. The van der Waals surface area contributed by atoms with Crippen molar-refractivity contribution in [1.82, 2.24) is 0 Å². The molecule has 0 spiro atoms. The molecule has 0 N–H and O–H groups in total. The summed E-state index contributed by atoms with van der Waals surface area (Å²) in [6.07, 6.45) is 0. The van der Waals surface area contributed by atoms with Crippen LogP contribution in [0, 0.1) is 0 Å². The maximum absolute atomic E-state index is 11.9. The number of carbonyl (C=O) groups excluding carboxylic acids is 2. The molecule has 0 saturated heterocycles.